The van der Waals surface area contributed by atoms with Crippen LogP contribution in [0, 0.1) is 11.6 Å². The molecule has 2 N–H and O–H groups in total. The molecule has 2 aromatic heterocycles. The van der Waals surface area contributed by atoms with Gasteiger partial charge in [0.05, 0.1) is 36.1 Å². The largest absolute Gasteiger partial charge is 0.378 e. The van der Waals surface area contributed by atoms with Gasteiger partial charge >= 0.3 is 6.03 Å². The number of nitrogens with one attached hydrogen (secondary N) is 2. The molecule has 0 bridgehead atoms. The van der Waals surface area contributed by atoms with Crippen molar-refractivity contribution >= 4 is 39.9 Å². The molecule has 10 heteroatoms. The smallest absolute Gasteiger partial charge is 0.323 e. The monoisotopic (exact) mass is 489 g/mol. The van der Waals surface area contributed by atoms with E-state index in [-0.39, 0.29) is 22.6 Å². The molecule has 1 fully saturated rings. The number of ketones is 1. The second-order valence-electron chi connectivity index (χ2n) is 8.17. The number of ether oxygens (including phenoxy) is 1. The van der Waals surface area contributed by atoms with E-state index >= 15 is 0 Å². The normalized spacial score (nSPS) is 13.4. The lowest BCUT2D eigenvalue weighted by molar-refractivity contribution is 0.103. The fourth-order valence-corrected chi connectivity index (χ4v) is 3.92. The zero-order chi connectivity index (χ0) is 25.1. The van der Waals surface area contributed by atoms with E-state index in [1.54, 1.807) is 12.3 Å². The fourth-order valence-electron chi connectivity index (χ4n) is 3.92. The van der Waals surface area contributed by atoms with Crippen molar-refractivity contribution in [2.75, 3.05) is 41.8 Å². The maximum absolute atomic E-state index is 14.3. The van der Waals surface area contributed by atoms with Gasteiger partial charge in [0.25, 0.3) is 0 Å². The molecule has 36 heavy (non-hydrogen) atoms. The third-order valence-corrected chi connectivity index (χ3v) is 5.63. The topological polar surface area (TPSA) is 96.5 Å². The Kier molecular flexibility index (Phi) is 6.50. The molecule has 182 valence electrons. The number of amides is 2. The predicted octanol–water partition coefficient (Wildman–Crippen LogP) is 4.62. The van der Waals surface area contributed by atoms with Crippen molar-refractivity contribution in [3.63, 3.8) is 0 Å². The summed E-state index contributed by atoms with van der Waals surface area (Å²) in [4.78, 5) is 36.5. The number of rotatable bonds is 5. The number of anilines is 3. The van der Waals surface area contributed by atoms with Gasteiger partial charge in [0, 0.05) is 30.0 Å². The predicted molar refractivity (Wildman–Crippen MR) is 131 cm³/mol. The Morgan fingerprint density at radius 2 is 1.64 bits per heavy atom. The molecular weight excluding hydrogens is 468 g/mol. The van der Waals surface area contributed by atoms with E-state index in [1.807, 2.05) is 6.07 Å². The Bertz CT molecular complexity index is 1460. The zero-order valence-corrected chi connectivity index (χ0v) is 19.0. The molecule has 1 aliphatic rings. The zero-order valence-electron chi connectivity index (χ0n) is 19.0. The third-order valence-electron chi connectivity index (χ3n) is 5.63. The molecule has 2 aromatic carbocycles. The summed E-state index contributed by atoms with van der Waals surface area (Å²) >= 11 is 0. The summed E-state index contributed by atoms with van der Waals surface area (Å²) in [5.74, 6) is -1.73. The number of fused-ring (bicyclic) bond motifs is 1. The van der Waals surface area contributed by atoms with E-state index in [0.717, 1.165) is 37.0 Å². The van der Waals surface area contributed by atoms with Crippen LogP contribution < -0.4 is 15.5 Å². The molecule has 0 saturated carbocycles. The van der Waals surface area contributed by atoms with Crippen LogP contribution in [-0.4, -0.2) is 48.1 Å². The number of hydrogen-bond acceptors (Lipinski definition) is 6. The Morgan fingerprint density at radius 3 is 2.44 bits per heavy atom. The highest BCUT2D eigenvalue weighted by atomic mass is 19.1. The van der Waals surface area contributed by atoms with Gasteiger partial charge < -0.3 is 20.3 Å². The summed E-state index contributed by atoms with van der Waals surface area (Å²) in [5, 5.41) is 4.91. The van der Waals surface area contributed by atoms with Crippen LogP contribution in [0.15, 0.2) is 66.9 Å². The minimum atomic E-state index is -0.713. The van der Waals surface area contributed by atoms with Crippen molar-refractivity contribution in [2.45, 2.75) is 0 Å². The summed E-state index contributed by atoms with van der Waals surface area (Å²) in [7, 11) is 0. The van der Waals surface area contributed by atoms with Crippen LogP contribution in [-0.2, 0) is 4.74 Å². The van der Waals surface area contributed by atoms with Gasteiger partial charge in [-0.2, -0.15) is 0 Å². The molecule has 3 heterocycles. The van der Waals surface area contributed by atoms with Gasteiger partial charge in [-0.3, -0.25) is 9.78 Å². The Labute approximate surface area is 204 Å². The van der Waals surface area contributed by atoms with Gasteiger partial charge in [-0.1, -0.05) is 6.07 Å². The third kappa shape index (κ3) is 5.28. The van der Waals surface area contributed by atoms with Gasteiger partial charge in [0.2, 0.25) is 5.78 Å². The highest BCUT2D eigenvalue weighted by Crippen LogP contribution is 2.22. The van der Waals surface area contributed by atoms with Crippen LogP contribution in [0.1, 0.15) is 16.1 Å². The first kappa shape index (κ1) is 23.3. The first-order valence-electron chi connectivity index (χ1n) is 11.2. The van der Waals surface area contributed by atoms with E-state index in [9.17, 15) is 18.4 Å². The Hall–Kier alpha value is -4.44. The number of hydrogen-bond donors (Lipinski definition) is 2. The minimum absolute atomic E-state index is 0.0141. The lowest BCUT2D eigenvalue weighted by Gasteiger charge is -2.28. The summed E-state index contributed by atoms with van der Waals surface area (Å²) in [6.45, 7) is 2.72. The number of benzene rings is 2. The van der Waals surface area contributed by atoms with Crippen LogP contribution in [0.2, 0.25) is 0 Å². The fraction of sp³-hybridized carbons (Fsp3) is 0.154. The first-order valence-corrected chi connectivity index (χ1v) is 11.2. The van der Waals surface area contributed by atoms with Crippen LogP contribution >= 0.6 is 0 Å². The second kappa shape index (κ2) is 10.0. The second-order valence-corrected chi connectivity index (χ2v) is 8.17. The lowest BCUT2D eigenvalue weighted by atomic mass is 10.1. The first-order chi connectivity index (χ1) is 17.4. The standard InChI is InChI=1S/C26H21F2N5O3/c27-17-2-1-3-19(12-17)30-26(35)31-20-11-16(10-18(28)13-20)25(34)23-5-4-22-24(32-23)14-21(15-29-22)33-6-8-36-9-7-33/h1-5,10-15H,6-9H2,(H2,30,31,35). The van der Waals surface area contributed by atoms with Gasteiger partial charge in [0.15, 0.2) is 0 Å². The quantitative estimate of drug-likeness (QED) is 0.397. The molecule has 0 spiro atoms. The van der Waals surface area contributed by atoms with Gasteiger partial charge in [-0.15, -0.1) is 0 Å². The van der Waals surface area contributed by atoms with Crippen LogP contribution in [0.3, 0.4) is 0 Å². The molecule has 1 saturated heterocycles. The molecule has 0 atom stereocenters. The number of nitrogens with zero attached hydrogens (tertiary/aromatic N) is 3. The van der Waals surface area contributed by atoms with Gasteiger partial charge in [0.1, 0.15) is 17.3 Å². The van der Waals surface area contributed by atoms with E-state index in [4.69, 9.17) is 4.74 Å². The SMILES string of the molecule is O=C(Nc1cccc(F)c1)Nc1cc(F)cc(C(=O)c2ccc3ncc(N4CCOCC4)cc3n2)c1. The maximum atomic E-state index is 14.3. The van der Waals surface area contributed by atoms with Crippen molar-refractivity contribution in [3.8, 4) is 0 Å². The summed E-state index contributed by atoms with van der Waals surface area (Å²) in [6.07, 6.45) is 1.76. The molecule has 8 nitrogen and oxygen atoms in total. The van der Waals surface area contributed by atoms with Gasteiger partial charge in [-0.25, -0.2) is 18.6 Å². The molecular formula is C26H21F2N5O3. The number of aromatic nitrogens is 2. The number of carbonyl (C=O) groups is 2. The molecule has 0 unspecified atom stereocenters. The summed E-state index contributed by atoms with van der Waals surface area (Å²) < 4.78 is 33.1. The maximum Gasteiger partial charge on any atom is 0.323 e. The average molecular weight is 489 g/mol. The van der Waals surface area contributed by atoms with E-state index in [2.05, 4.69) is 25.5 Å². The van der Waals surface area contributed by atoms with Crippen molar-refractivity contribution in [3.05, 3.63) is 89.8 Å². The van der Waals surface area contributed by atoms with E-state index < -0.39 is 23.4 Å². The molecule has 2 amide bonds. The highest BCUT2D eigenvalue weighted by molar-refractivity contribution is 6.09. The Morgan fingerprint density at radius 1 is 0.861 bits per heavy atom. The van der Waals surface area contributed by atoms with E-state index in [0.29, 0.717) is 24.2 Å². The van der Waals surface area contributed by atoms with Crippen molar-refractivity contribution in [1.82, 2.24) is 9.97 Å². The van der Waals surface area contributed by atoms with Crippen molar-refractivity contribution in [2.24, 2.45) is 0 Å². The minimum Gasteiger partial charge on any atom is -0.378 e. The van der Waals surface area contributed by atoms with Crippen molar-refractivity contribution < 1.29 is 23.1 Å². The number of urea groups is 1. The van der Waals surface area contributed by atoms with Crippen LogP contribution in [0.4, 0.5) is 30.6 Å². The number of pyridine rings is 2. The summed E-state index contributed by atoms with van der Waals surface area (Å²) in [5.41, 5.74) is 2.46. The summed E-state index contributed by atoms with van der Waals surface area (Å²) in [6, 6.07) is 13.2. The molecule has 1 aliphatic heterocycles. The Balaban J connectivity index is 1.36. The average Bonchev–Trinajstić information content (AvgIpc) is 2.87. The number of halogens is 2. The molecule has 5 rings (SSSR count). The number of morpholine rings is 1. The highest BCUT2D eigenvalue weighted by Gasteiger charge is 2.17. The van der Waals surface area contributed by atoms with Crippen LogP contribution in [0.25, 0.3) is 11.0 Å². The molecule has 0 aliphatic carbocycles. The van der Waals surface area contributed by atoms with Crippen molar-refractivity contribution in [1.29, 1.82) is 0 Å². The molecule has 4 aromatic rings. The number of carbonyl (C=O) groups excluding carboxylic acids is 2. The van der Waals surface area contributed by atoms with E-state index in [1.165, 1.54) is 30.3 Å². The van der Waals surface area contributed by atoms with Crippen LogP contribution in [0.5, 0.6) is 0 Å². The molecule has 0 radical (unpaired) electrons. The lowest BCUT2D eigenvalue weighted by Crippen LogP contribution is -2.36. The van der Waals surface area contributed by atoms with Gasteiger partial charge in [-0.05, 0) is 54.6 Å².